The highest BCUT2D eigenvalue weighted by molar-refractivity contribution is 5.95. The third-order valence-electron chi connectivity index (χ3n) is 4.69. The molecule has 1 saturated carbocycles. The standard InChI is InChI=1S/C19H27NO6/c1-4-25-17-11-13(5-10-16(17)26-12-18(21)22)19(23)20(2)14-6-8-15(24-3)9-7-14/h5,10-11,14-15H,4,6-9,12H2,1-3H3,(H,21,22). The van der Waals surface area contributed by atoms with Gasteiger partial charge in [-0.3, -0.25) is 4.79 Å². The maximum absolute atomic E-state index is 12.8. The van der Waals surface area contributed by atoms with Crippen molar-refractivity contribution in [1.29, 1.82) is 0 Å². The number of benzene rings is 1. The highest BCUT2D eigenvalue weighted by Gasteiger charge is 2.27. The first-order valence-corrected chi connectivity index (χ1v) is 8.87. The van der Waals surface area contributed by atoms with Crippen LogP contribution in [0.5, 0.6) is 11.5 Å². The van der Waals surface area contributed by atoms with Crippen LogP contribution < -0.4 is 9.47 Å². The second-order valence-corrected chi connectivity index (χ2v) is 6.36. The van der Waals surface area contributed by atoms with Gasteiger partial charge < -0.3 is 24.2 Å². The van der Waals surface area contributed by atoms with Gasteiger partial charge in [-0.1, -0.05) is 0 Å². The number of ether oxygens (including phenoxy) is 3. The number of carboxylic acid groups (broad SMARTS) is 1. The fourth-order valence-electron chi connectivity index (χ4n) is 3.21. The Labute approximate surface area is 153 Å². The van der Waals surface area contributed by atoms with Gasteiger partial charge in [0.25, 0.3) is 5.91 Å². The van der Waals surface area contributed by atoms with Crippen molar-refractivity contribution in [2.45, 2.75) is 44.8 Å². The van der Waals surface area contributed by atoms with Crippen molar-refractivity contribution >= 4 is 11.9 Å². The van der Waals surface area contributed by atoms with Gasteiger partial charge in [-0.05, 0) is 50.8 Å². The van der Waals surface area contributed by atoms with E-state index in [4.69, 9.17) is 19.3 Å². The third kappa shape index (κ3) is 5.11. The molecule has 1 aliphatic carbocycles. The van der Waals surface area contributed by atoms with E-state index in [0.717, 1.165) is 25.7 Å². The molecule has 0 heterocycles. The van der Waals surface area contributed by atoms with Crippen molar-refractivity contribution in [1.82, 2.24) is 4.90 Å². The Morgan fingerprint density at radius 2 is 1.85 bits per heavy atom. The zero-order chi connectivity index (χ0) is 19.1. The van der Waals surface area contributed by atoms with Crippen LogP contribution in [-0.2, 0) is 9.53 Å². The molecule has 0 atom stereocenters. The first-order valence-electron chi connectivity index (χ1n) is 8.87. The molecule has 1 aromatic rings. The van der Waals surface area contributed by atoms with E-state index in [1.54, 1.807) is 30.2 Å². The van der Waals surface area contributed by atoms with Gasteiger partial charge in [0.15, 0.2) is 18.1 Å². The van der Waals surface area contributed by atoms with Gasteiger partial charge in [0.05, 0.1) is 12.7 Å². The lowest BCUT2D eigenvalue weighted by molar-refractivity contribution is -0.139. The van der Waals surface area contributed by atoms with Crippen molar-refractivity contribution in [3.63, 3.8) is 0 Å². The zero-order valence-corrected chi connectivity index (χ0v) is 15.6. The summed E-state index contributed by atoms with van der Waals surface area (Å²) in [5.74, 6) is -0.472. The van der Waals surface area contributed by atoms with Gasteiger partial charge >= 0.3 is 5.97 Å². The van der Waals surface area contributed by atoms with Crippen molar-refractivity contribution in [2.75, 3.05) is 27.4 Å². The fraction of sp³-hybridized carbons (Fsp3) is 0.579. The molecule has 0 unspecified atom stereocenters. The number of hydrogen-bond acceptors (Lipinski definition) is 5. The number of carbonyl (C=O) groups excluding carboxylic acids is 1. The highest BCUT2D eigenvalue weighted by Crippen LogP contribution is 2.30. The van der Waals surface area contributed by atoms with Crippen molar-refractivity contribution in [3.05, 3.63) is 23.8 Å². The van der Waals surface area contributed by atoms with E-state index in [2.05, 4.69) is 0 Å². The van der Waals surface area contributed by atoms with Gasteiger partial charge in [0, 0.05) is 25.8 Å². The van der Waals surface area contributed by atoms with Crippen molar-refractivity contribution in [3.8, 4) is 11.5 Å². The summed E-state index contributed by atoms with van der Waals surface area (Å²) in [6, 6.07) is 5.02. The summed E-state index contributed by atoms with van der Waals surface area (Å²) in [6.07, 6.45) is 4.01. The van der Waals surface area contributed by atoms with E-state index < -0.39 is 12.6 Å². The van der Waals surface area contributed by atoms with Gasteiger partial charge in [-0.25, -0.2) is 4.79 Å². The third-order valence-corrected chi connectivity index (χ3v) is 4.69. The van der Waals surface area contributed by atoms with Crippen LogP contribution in [-0.4, -0.2) is 61.4 Å². The van der Waals surface area contributed by atoms with Crippen LogP contribution in [0.4, 0.5) is 0 Å². The molecule has 26 heavy (non-hydrogen) atoms. The van der Waals surface area contributed by atoms with Crippen LogP contribution in [0.1, 0.15) is 43.0 Å². The molecule has 7 heteroatoms. The maximum atomic E-state index is 12.8. The second-order valence-electron chi connectivity index (χ2n) is 6.36. The van der Waals surface area contributed by atoms with Gasteiger partial charge in [0.2, 0.25) is 0 Å². The number of carbonyl (C=O) groups is 2. The Hall–Kier alpha value is -2.28. The molecule has 7 nitrogen and oxygen atoms in total. The molecule has 0 spiro atoms. The maximum Gasteiger partial charge on any atom is 0.341 e. The lowest BCUT2D eigenvalue weighted by atomic mass is 9.91. The molecule has 0 aromatic heterocycles. The average Bonchev–Trinajstić information content (AvgIpc) is 2.66. The van der Waals surface area contributed by atoms with Crippen molar-refractivity contribution in [2.24, 2.45) is 0 Å². The molecule has 0 aliphatic heterocycles. The molecular formula is C19H27NO6. The molecule has 1 fully saturated rings. The SMILES string of the molecule is CCOc1cc(C(=O)N(C)C2CCC(OC)CC2)ccc1OCC(=O)O. The Balaban J connectivity index is 2.09. The molecule has 1 aliphatic rings. The first kappa shape index (κ1) is 20.0. The molecule has 144 valence electrons. The number of methoxy groups -OCH3 is 1. The average molecular weight is 365 g/mol. The summed E-state index contributed by atoms with van der Waals surface area (Å²) in [4.78, 5) is 25.3. The molecule has 1 amide bonds. The fourth-order valence-corrected chi connectivity index (χ4v) is 3.21. The monoisotopic (exact) mass is 365 g/mol. The quantitative estimate of drug-likeness (QED) is 0.762. The summed E-state index contributed by atoms with van der Waals surface area (Å²) in [5.41, 5.74) is 0.493. The molecular weight excluding hydrogens is 338 g/mol. The predicted molar refractivity (Wildman–Crippen MR) is 95.9 cm³/mol. The van der Waals surface area contributed by atoms with E-state index in [-0.39, 0.29) is 18.1 Å². The minimum absolute atomic E-state index is 0.0865. The number of rotatable bonds is 8. The minimum Gasteiger partial charge on any atom is -0.490 e. The molecule has 2 rings (SSSR count). The lowest BCUT2D eigenvalue weighted by Crippen LogP contribution is -2.40. The van der Waals surface area contributed by atoms with Crippen LogP contribution in [0.3, 0.4) is 0 Å². The first-order chi connectivity index (χ1) is 12.5. The number of carboxylic acids is 1. The van der Waals surface area contributed by atoms with Gasteiger partial charge in [-0.15, -0.1) is 0 Å². The lowest BCUT2D eigenvalue weighted by Gasteiger charge is -2.34. The Bertz CT molecular complexity index is 624. The number of amides is 1. The Kier molecular flexibility index (Phi) is 7.26. The van der Waals surface area contributed by atoms with Crippen LogP contribution in [0.2, 0.25) is 0 Å². The Morgan fingerprint density at radius 1 is 1.15 bits per heavy atom. The normalized spacial score (nSPS) is 19.7. The molecule has 0 bridgehead atoms. The Morgan fingerprint density at radius 3 is 2.42 bits per heavy atom. The van der Waals surface area contributed by atoms with Crippen molar-refractivity contribution < 1.29 is 28.9 Å². The highest BCUT2D eigenvalue weighted by atomic mass is 16.5. The van der Waals surface area contributed by atoms with Crippen LogP contribution in [0, 0.1) is 0 Å². The van der Waals surface area contributed by atoms with Gasteiger partial charge in [0.1, 0.15) is 0 Å². The van der Waals surface area contributed by atoms with Crippen LogP contribution in [0.25, 0.3) is 0 Å². The zero-order valence-electron chi connectivity index (χ0n) is 15.6. The smallest absolute Gasteiger partial charge is 0.341 e. The number of hydrogen-bond donors (Lipinski definition) is 1. The summed E-state index contributed by atoms with van der Waals surface area (Å²) in [5, 5.41) is 8.76. The molecule has 1 N–H and O–H groups in total. The summed E-state index contributed by atoms with van der Waals surface area (Å²) < 4.78 is 16.1. The predicted octanol–water partition coefficient (Wildman–Crippen LogP) is 2.58. The van der Waals surface area contributed by atoms with E-state index in [1.165, 1.54) is 0 Å². The number of aliphatic carboxylic acids is 1. The van der Waals surface area contributed by atoms with E-state index in [9.17, 15) is 9.59 Å². The molecule has 1 aromatic carbocycles. The second kappa shape index (κ2) is 9.43. The van der Waals surface area contributed by atoms with E-state index in [1.807, 2.05) is 14.0 Å². The van der Waals surface area contributed by atoms with Crippen LogP contribution in [0.15, 0.2) is 18.2 Å². The van der Waals surface area contributed by atoms with E-state index >= 15 is 0 Å². The summed E-state index contributed by atoms with van der Waals surface area (Å²) in [6.45, 7) is 1.74. The van der Waals surface area contributed by atoms with E-state index in [0.29, 0.717) is 23.7 Å². The molecule has 0 saturated heterocycles. The largest absolute Gasteiger partial charge is 0.490 e. The number of nitrogens with zero attached hydrogens (tertiary/aromatic N) is 1. The minimum atomic E-state index is -1.07. The summed E-state index contributed by atoms with van der Waals surface area (Å²) in [7, 11) is 3.54. The molecule has 0 radical (unpaired) electrons. The van der Waals surface area contributed by atoms with Crippen LogP contribution >= 0.6 is 0 Å². The topological polar surface area (TPSA) is 85.3 Å². The van der Waals surface area contributed by atoms with Gasteiger partial charge in [-0.2, -0.15) is 0 Å². The summed E-state index contributed by atoms with van der Waals surface area (Å²) >= 11 is 0.